The van der Waals surface area contributed by atoms with Crippen molar-refractivity contribution in [2.24, 2.45) is 11.8 Å². The third kappa shape index (κ3) is 2.32. The summed E-state index contributed by atoms with van der Waals surface area (Å²) in [4.78, 5) is 17.8. The van der Waals surface area contributed by atoms with Gasteiger partial charge in [0.1, 0.15) is 5.69 Å². The molecule has 5 heteroatoms. The highest BCUT2D eigenvalue weighted by Gasteiger charge is 2.30. The Morgan fingerprint density at radius 3 is 2.74 bits per heavy atom. The molecule has 2 unspecified atom stereocenters. The first kappa shape index (κ1) is 14.1. The van der Waals surface area contributed by atoms with Crippen molar-refractivity contribution in [1.82, 2.24) is 20.1 Å². The molecule has 5 nitrogen and oxygen atoms in total. The summed E-state index contributed by atoms with van der Waals surface area (Å²) in [5, 5.41) is 8.37. The number of rotatable bonds is 2. The van der Waals surface area contributed by atoms with Crippen molar-refractivity contribution in [3.05, 3.63) is 42.2 Å². The van der Waals surface area contributed by atoms with Crippen molar-refractivity contribution < 1.29 is 4.79 Å². The van der Waals surface area contributed by atoms with Crippen LogP contribution in [0.25, 0.3) is 22.2 Å². The number of likely N-dealkylation sites (tertiary alicyclic amines) is 1. The van der Waals surface area contributed by atoms with Gasteiger partial charge >= 0.3 is 0 Å². The van der Waals surface area contributed by atoms with Crippen LogP contribution in [0.2, 0.25) is 0 Å². The number of carbonyl (C=O) groups excluding carboxylic acids is 1. The monoisotopic (exact) mass is 308 g/mol. The highest BCUT2D eigenvalue weighted by atomic mass is 16.2. The van der Waals surface area contributed by atoms with E-state index in [-0.39, 0.29) is 5.91 Å². The number of hydrogen-bond acceptors (Lipinski definition) is 2. The molecule has 0 bridgehead atoms. The lowest BCUT2D eigenvalue weighted by molar-refractivity contribution is 0.0779. The van der Waals surface area contributed by atoms with Gasteiger partial charge < -0.3 is 9.88 Å². The van der Waals surface area contributed by atoms with Crippen molar-refractivity contribution in [3.63, 3.8) is 0 Å². The van der Waals surface area contributed by atoms with Gasteiger partial charge in [-0.25, -0.2) is 0 Å². The standard InChI is InChI=1S/C18H20N4O/c1-11-9-22(10-12(11)2)18(23)17-7-16(20-21-17)14-8-19-15-6-4-3-5-13(14)15/h3-8,11-12,19H,9-10H2,1-2H3,(H,20,21). The van der Waals surface area contributed by atoms with Gasteiger partial charge in [0.25, 0.3) is 5.91 Å². The molecule has 3 aromatic rings. The van der Waals surface area contributed by atoms with Gasteiger partial charge in [-0.3, -0.25) is 9.89 Å². The number of aromatic nitrogens is 3. The van der Waals surface area contributed by atoms with Gasteiger partial charge in [0.2, 0.25) is 0 Å². The fourth-order valence-electron chi connectivity index (χ4n) is 3.32. The van der Waals surface area contributed by atoms with Crippen LogP contribution in [-0.4, -0.2) is 39.1 Å². The summed E-state index contributed by atoms with van der Waals surface area (Å²) in [6.45, 7) is 6.04. The molecule has 2 atom stereocenters. The van der Waals surface area contributed by atoms with E-state index in [1.165, 1.54) is 0 Å². The minimum atomic E-state index is 0.0415. The lowest BCUT2D eigenvalue weighted by Gasteiger charge is -2.14. The lowest BCUT2D eigenvalue weighted by atomic mass is 10.0. The second-order valence-corrected chi connectivity index (χ2v) is 6.58. The van der Waals surface area contributed by atoms with E-state index in [2.05, 4.69) is 35.1 Å². The summed E-state index contributed by atoms with van der Waals surface area (Å²) in [6.07, 6.45) is 1.94. The van der Waals surface area contributed by atoms with Crippen LogP contribution in [0, 0.1) is 11.8 Å². The van der Waals surface area contributed by atoms with Crippen LogP contribution in [0.4, 0.5) is 0 Å². The summed E-state index contributed by atoms with van der Waals surface area (Å²) < 4.78 is 0. The highest BCUT2D eigenvalue weighted by Crippen LogP contribution is 2.28. The Bertz CT molecular complexity index is 853. The number of H-pyrrole nitrogens is 2. The van der Waals surface area contributed by atoms with Gasteiger partial charge in [-0.2, -0.15) is 5.10 Å². The molecular weight excluding hydrogens is 288 g/mol. The normalized spacial score (nSPS) is 21.2. The molecular formula is C18H20N4O. The molecule has 3 heterocycles. The maximum Gasteiger partial charge on any atom is 0.271 e. The average Bonchev–Trinajstić information content (AvgIpc) is 3.25. The molecule has 1 aliphatic heterocycles. The van der Waals surface area contributed by atoms with Gasteiger partial charge in [0.15, 0.2) is 0 Å². The van der Waals surface area contributed by atoms with Crippen molar-refractivity contribution >= 4 is 16.8 Å². The number of nitrogens with zero attached hydrogens (tertiary/aromatic N) is 2. The maximum atomic E-state index is 12.6. The number of carbonyl (C=O) groups is 1. The van der Waals surface area contributed by atoms with E-state index >= 15 is 0 Å². The van der Waals surface area contributed by atoms with E-state index in [1.807, 2.05) is 35.4 Å². The van der Waals surface area contributed by atoms with E-state index in [1.54, 1.807) is 0 Å². The molecule has 2 N–H and O–H groups in total. The van der Waals surface area contributed by atoms with E-state index in [9.17, 15) is 4.79 Å². The maximum absolute atomic E-state index is 12.6. The van der Waals surface area contributed by atoms with Gasteiger partial charge in [-0.05, 0) is 24.0 Å². The van der Waals surface area contributed by atoms with Crippen LogP contribution in [0.1, 0.15) is 24.3 Å². The summed E-state index contributed by atoms with van der Waals surface area (Å²) in [5.41, 5.74) is 3.44. The Hall–Kier alpha value is -2.56. The van der Waals surface area contributed by atoms with Crippen molar-refractivity contribution in [2.75, 3.05) is 13.1 Å². The van der Waals surface area contributed by atoms with Gasteiger partial charge in [0.05, 0.1) is 5.69 Å². The molecule has 4 rings (SSSR count). The van der Waals surface area contributed by atoms with Crippen molar-refractivity contribution in [1.29, 1.82) is 0 Å². The zero-order valence-electron chi connectivity index (χ0n) is 13.3. The summed E-state index contributed by atoms with van der Waals surface area (Å²) in [7, 11) is 0. The number of fused-ring (bicyclic) bond motifs is 1. The minimum Gasteiger partial charge on any atom is -0.360 e. The smallest absolute Gasteiger partial charge is 0.271 e. The van der Waals surface area contributed by atoms with Crippen LogP contribution >= 0.6 is 0 Å². The molecule has 1 fully saturated rings. The molecule has 118 valence electrons. The van der Waals surface area contributed by atoms with Crippen LogP contribution in [0.3, 0.4) is 0 Å². The Morgan fingerprint density at radius 1 is 1.22 bits per heavy atom. The SMILES string of the molecule is CC1CN(C(=O)c2cc(-c3c[nH]c4ccccc34)n[nH]2)CC1C. The molecule has 1 amide bonds. The number of benzene rings is 1. The molecule has 1 aromatic carbocycles. The largest absolute Gasteiger partial charge is 0.360 e. The Kier molecular flexibility index (Phi) is 3.22. The predicted octanol–water partition coefficient (Wildman–Crippen LogP) is 3.29. The minimum absolute atomic E-state index is 0.0415. The number of aromatic amines is 2. The van der Waals surface area contributed by atoms with Crippen LogP contribution in [0.15, 0.2) is 36.5 Å². The van der Waals surface area contributed by atoms with E-state index in [0.717, 1.165) is 35.2 Å². The molecule has 0 aliphatic carbocycles. The molecule has 23 heavy (non-hydrogen) atoms. The number of amides is 1. The van der Waals surface area contributed by atoms with Gasteiger partial charge in [-0.1, -0.05) is 32.0 Å². The molecule has 1 aliphatic rings. The average molecular weight is 308 g/mol. The topological polar surface area (TPSA) is 64.8 Å². The first-order valence-corrected chi connectivity index (χ1v) is 8.04. The summed E-state index contributed by atoms with van der Waals surface area (Å²) >= 11 is 0. The highest BCUT2D eigenvalue weighted by molar-refractivity contribution is 5.97. The fourth-order valence-corrected chi connectivity index (χ4v) is 3.32. The zero-order chi connectivity index (χ0) is 16.0. The number of hydrogen-bond donors (Lipinski definition) is 2. The first-order valence-electron chi connectivity index (χ1n) is 8.04. The molecule has 2 aromatic heterocycles. The second kappa shape index (κ2) is 5.26. The third-order valence-electron chi connectivity index (χ3n) is 4.95. The van der Waals surface area contributed by atoms with Crippen LogP contribution in [-0.2, 0) is 0 Å². The quantitative estimate of drug-likeness (QED) is 0.763. The summed E-state index contributed by atoms with van der Waals surface area (Å²) in [5.74, 6) is 1.14. The first-order chi connectivity index (χ1) is 11.1. The van der Waals surface area contributed by atoms with Crippen LogP contribution in [0.5, 0.6) is 0 Å². The van der Waals surface area contributed by atoms with E-state index in [4.69, 9.17) is 0 Å². The number of nitrogens with one attached hydrogen (secondary N) is 2. The Balaban J connectivity index is 1.63. The summed E-state index contributed by atoms with van der Waals surface area (Å²) in [6, 6.07) is 9.94. The molecule has 0 radical (unpaired) electrons. The predicted molar refractivity (Wildman–Crippen MR) is 90.1 cm³/mol. The third-order valence-corrected chi connectivity index (χ3v) is 4.95. The van der Waals surface area contributed by atoms with Crippen molar-refractivity contribution in [3.8, 4) is 11.3 Å². The van der Waals surface area contributed by atoms with Crippen molar-refractivity contribution in [2.45, 2.75) is 13.8 Å². The van der Waals surface area contributed by atoms with E-state index < -0.39 is 0 Å². The zero-order valence-corrected chi connectivity index (χ0v) is 13.3. The Labute approximate surface area is 134 Å². The number of para-hydroxylation sites is 1. The van der Waals surface area contributed by atoms with Crippen LogP contribution < -0.4 is 0 Å². The molecule has 1 saturated heterocycles. The van der Waals surface area contributed by atoms with Gasteiger partial charge in [-0.15, -0.1) is 0 Å². The fraction of sp³-hybridized carbons (Fsp3) is 0.333. The Morgan fingerprint density at radius 2 is 1.96 bits per heavy atom. The van der Waals surface area contributed by atoms with E-state index in [0.29, 0.717) is 17.5 Å². The van der Waals surface area contributed by atoms with Gasteiger partial charge in [0, 0.05) is 35.8 Å². The molecule has 0 spiro atoms. The molecule has 0 saturated carbocycles. The lowest BCUT2D eigenvalue weighted by Crippen LogP contribution is -2.29. The second-order valence-electron chi connectivity index (χ2n) is 6.58.